The highest BCUT2D eigenvalue weighted by Gasteiger charge is 2.38. The highest BCUT2D eigenvalue weighted by Crippen LogP contribution is 2.48. The Bertz CT molecular complexity index is 1900. The fraction of sp³-hybridized carbons (Fsp3) is 0.286. The lowest BCUT2D eigenvalue weighted by Gasteiger charge is -2.42. The van der Waals surface area contributed by atoms with Gasteiger partial charge in [-0.3, -0.25) is 0 Å². The van der Waals surface area contributed by atoms with Crippen molar-refractivity contribution in [1.82, 2.24) is 0 Å². The molecule has 0 N–H and O–H groups in total. The molecule has 0 bridgehead atoms. The first-order chi connectivity index (χ1) is 17.7. The van der Waals surface area contributed by atoms with Crippen molar-refractivity contribution in [3.63, 3.8) is 0 Å². The molecule has 1 aliphatic carbocycles. The van der Waals surface area contributed by atoms with Crippen molar-refractivity contribution in [1.29, 1.82) is 0 Å². The van der Waals surface area contributed by atoms with Gasteiger partial charge in [0.1, 0.15) is 18.2 Å². The van der Waals surface area contributed by atoms with Crippen LogP contribution in [0.15, 0.2) is 77.3 Å². The fourth-order valence-corrected chi connectivity index (χ4v) is 6.70. The predicted molar refractivity (Wildman–Crippen MR) is 155 cm³/mol. The summed E-state index contributed by atoms with van der Waals surface area (Å²) in [4.78, 5) is 0. The van der Waals surface area contributed by atoms with Crippen molar-refractivity contribution in [2.75, 3.05) is 0 Å². The maximum atomic E-state index is 6.81. The third-order valence-electron chi connectivity index (χ3n) is 9.09. The molecule has 184 valence electrons. The summed E-state index contributed by atoms with van der Waals surface area (Å²) in [6, 6.07) is 24.7. The molecule has 37 heavy (non-hydrogen) atoms. The first-order valence-electron chi connectivity index (χ1n) is 13.5. The Morgan fingerprint density at radius 3 is 2.14 bits per heavy atom. The maximum absolute atomic E-state index is 6.81. The summed E-state index contributed by atoms with van der Waals surface area (Å²) in [5.41, 5.74) is 8.94. The summed E-state index contributed by atoms with van der Waals surface area (Å²) in [5, 5.41) is 7.33. The Labute approximate surface area is 218 Å². The maximum Gasteiger partial charge on any atom is 0.224 e. The van der Waals surface area contributed by atoms with E-state index in [0.717, 1.165) is 11.2 Å². The fourth-order valence-electron chi connectivity index (χ4n) is 6.70. The molecule has 2 aromatic heterocycles. The number of aryl methyl sites for hydroxylation is 2. The summed E-state index contributed by atoms with van der Waals surface area (Å²) < 4.78 is 9.09. The highest BCUT2D eigenvalue weighted by atomic mass is 16.3. The Hall–Kier alpha value is -3.65. The first-order valence-corrected chi connectivity index (χ1v) is 13.5. The van der Waals surface area contributed by atoms with E-state index in [-0.39, 0.29) is 10.8 Å². The number of furan rings is 1. The minimum Gasteiger partial charge on any atom is -0.454 e. The van der Waals surface area contributed by atoms with Crippen LogP contribution in [0.4, 0.5) is 0 Å². The topological polar surface area (TPSA) is 17.0 Å². The number of hydrogen-bond donors (Lipinski definition) is 0. The quantitative estimate of drug-likeness (QED) is 0.213. The molecule has 7 rings (SSSR count). The van der Waals surface area contributed by atoms with E-state index in [2.05, 4.69) is 119 Å². The number of pyridine rings is 1. The lowest BCUT2D eigenvalue weighted by molar-refractivity contribution is -0.659. The zero-order chi connectivity index (χ0) is 25.7. The summed E-state index contributed by atoms with van der Waals surface area (Å²) >= 11 is 0. The van der Waals surface area contributed by atoms with Crippen LogP contribution in [-0.2, 0) is 17.9 Å². The Kier molecular flexibility index (Phi) is 4.54. The molecule has 0 spiro atoms. The van der Waals surface area contributed by atoms with Crippen LogP contribution in [0.3, 0.4) is 0 Å². The van der Waals surface area contributed by atoms with Crippen LogP contribution in [0.25, 0.3) is 54.7 Å². The van der Waals surface area contributed by atoms with Crippen LogP contribution in [0.2, 0.25) is 0 Å². The minimum atomic E-state index is 0.157. The molecular formula is C35H34NO+. The minimum absolute atomic E-state index is 0.157. The van der Waals surface area contributed by atoms with Crippen molar-refractivity contribution >= 4 is 43.5 Å². The van der Waals surface area contributed by atoms with Crippen molar-refractivity contribution in [2.45, 2.75) is 58.3 Å². The zero-order valence-electron chi connectivity index (χ0n) is 22.7. The second kappa shape index (κ2) is 7.44. The molecule has 0 fully saturated rings. The molecule has 2 heteroatoms. The second-order valence-corrected chi connectivity index (χ2v) is 12.4. The van der Waals surface area contributed by atoms with Gasteiger partial charge >= 0.3 is 0 Å². The molecule has 2 nitrogen and oxygen atoms in total. The van der Waals surface area contributed by atoms with Gasteiger partial charge in [-0.05, 0) is 76.3 Å². The van der Waals surface area contributed by atoms with E-state index >= 15 is 0 Å². The van der Waals surface area contributed by atoms with Gasteiger partial charge in [-0.15, -0.1) is 0 Å². The van der Waals surface area contributed by atoms with Gasteiger partial charge in [-0.2, -0.15) is 0 Å². The number of rotatable bonds is 1. The van der Waals surface area contributed by atoms with E-state index in [1.54, 1.807) is 0 Å². The molecule has 0 saturated heterocycles. The normalized spacial score (nSPS) is 16.6. The molecule has 1 aliphatic rings. The Balaban J connectivity index is 1.61. The van der Waals surface area contributed by atoms with Gasteiger partial charge < -0.3 is 4.42 Å². The van der Waals surface area contributed by atoms with Gasteiger partial charge in [-0.1, -0.05) is 70.2 Å². The lowest BCUT2D eigenvalue weighted by Crippen LogP contribution is -2.34. The SMILES string of the molecule is Cc1ccc2c(oc3c4ccccc4ccc23)c1-c1c2cc3c(cc2cc[n+]1C)C(C)(C)CCC3(C)C. The highest BCUT2D eigenvalue weighted by molar-refractivity contribution is 6.18. The molecule has 0 radical (unpaired) electrons. The zero-order valence-corrected chi connectivity index (χ0v) is 22.7. The van der Waals surface area contributed by atoms with E-state index in [4.69, 9.17) is 4.42 Å². The average Bonchev–Trinajstić information content (AvgIpc) is 3.26. The Morgan fingerprint density at radius 1 is 0.676 bits per heavy atom. The van der Waals surface area contributed by atoms with Crippen LogP contribution < -0.4 is 4.57 Å². The third-order valence-corrected chi connectivity index (χ3v) is 9.09. The molecule has 4 aromatic carbocycles. The van der Waals surface area contributed by atoms with E-state index in [9.17, 15) is 0 Å². The van der Waals surface area contributed by atoms with Crippen molar-refractivity contribution < 1.29 is 8.98 Å². The summed E-state index contributed by atoms with van der Waals surface area (Å²) in [6.45, 7) is 11.8. The van der Waals surface area contributed by atoms with E-state index in [1.165, 1.54) is 73.1 Å². The summed E-state index contributed by atoms with van der Waals surface area (Å²) in [7, 11) is 2.17. The summed E-state index contributed by atoms with van der Waals surface area (Å²) in [6.07, 6.45) is 4.64. The standard InChI is InChI=1S/C35H34NO/c1-21-11-13-26-25-14-12-22-9-7-8-10-24(22)32(25)37-33(26)30(21)31-27-20-29-28(19-23(27)15-18-36(31)6)34(2,3)16-17-35(29,4)5/h7-15,18-20H,16-17H2,1-6H3/q+1. The first kappa shape index (κ1) is 22.5. The van der Waals surface area contributed by atoms with E-state index < -0.39 is 0 Å². The van der Waals surface area contributed by atoms with Crippen LogP contribution >= 0.6 is 0 Å². The Morgan fingerprint density at radius 2 is 1.35 bits per heavy atom. The monoisotopic (exact) mass is 484 g/mol. The van der Waals surface area contributed by atoms with Gasteiger partial charge in [0.2, 0.25) is 5.69 Å². The molecule has 2 heterocycles. The van der Waals surface area contributed by atoms with Gasteiger partial charge in [0.15, 0.2) is 6.20 Å². The number of fused-ring (bicyclic) bond motifs is 7. The van der Waals surface area contributed by atoms with E-state index in [0.29, 0.717) is 0 Å². The van der Waals surface area contributed by atoms with Crippen LogP contribution in [0, 0.1) is 6.92 Å². The molecule has 0 unspecified atom stereocenters. The second-order valence-electron chi connectivity index (χ2n) is 12.4. The number of hydrogen-bond acceptors (Lipinski definition) is 1. The molecule has 6 aromatic rings. The van der Waals surface area contributed by atoms with Gasteiger partial charge in [-0.25, -0.2) is 4.57 Å². The van der Waals surface area contributed by atoms with Gasteiger partial charge in [0.05, 0.1) is 10.9 Å². The lowest BCUT2D eigenvalue weighted by atomic mass is 9.62. The largest absolute Gasteiger partial charge is 0.454 e. The van der Waals surface area contributed by atoms with Crippen molar-refractivity contribution in [2.24, 2.45) is 7.05 Å². The molecule has 0 aliphatic heterocycles. The molecular weight excluding hydrogens is 450 g/mol. The van der Waals surface area contributed by atoms with Crippen molar-refractivity contribution in [3.8, 4) is 11.3 Å². The molecule has 0 atom stereocenters. The van der Waals surface area contributed by atoms with E-state index in [1.807, 2.05) is 0 Å². The van der Waals surface area contributed by atoms with Crippen LogP contribution in [0.5, 0.6) is 0 Å². The van der Waals surface area contributed by atoms with Gasteiger partial charge in [0, 0.05) is 22.2 Å². The molecule has 0 saturated carbocycles. The number of nitrogens with zero attached hydrogens (tertiary/aromatic N) is 1. The number of aromatic nitrogens is 1. The van der Waals surface area contributed by atoms with Crippen LogP contribution in [-0.4, -0.2) is 0 Å². The molecule has 0 amide bonds. The van der Waals surface area contributed by atoms with Crippen molar-refractivity contribution in [3.05, 3.63) is 89.6 Å². The van der Waals surface area contributed by atoms with Crippen LogP contribution in [0.1, 0.15) is 57.2 Å². The smallest absolute Gasteiger partial charge is 0.224 e. The third kappa shape index (κ3) is 3.14. The average molecular weight is 485 g/mol. The number of benzene rings is 4. The predicted octanol–water partition coefficient (Wildman–Crippen LogP) is 9.04. The van der Waals surface area contributed by atoms with Gasteiger partial charge in [0.25, 0.3) is 0 Å². The summed E-state index contributed by atoms with van der Waals surface area (Å²) in [5.74, 6) is 0.